The lowest BCUT2D eigenvalue weighted by molar-refractivity contribution is -0.0527. The van der Waals surface area contributed by atoms with Gasteiger partial charge in [-0.05, 0) is 32.4 Å². The summed E-state index contributed by atoms with van der Waals surface area (Å²) in [5, 5.41) is 0.927. The first-order valence-electron chi connectivity index (χ1n) is 6.11. The van der Waals surface area contributed by atoms with Crippen molar-refractivity contribution in [3.8, 4) is 0 Å². The van der Waals surface area contributed by atoms with Crippen molar-refractivity contribution in [2.24, 2.45) is 0 Å². The number of nitrogens with zero attached hydrogens (tertiary/aromatic N) is 2. The van der Waals surface area contributed by atoms with E-state index < -0.39 is 0 Å². The summed E-state index contributed by atoms with van der Waals surface area (Å²) in [6.45, 7) is 4.93. The van der Waals surface area contributed by atoms with Crippen LogP contribution in [0.1, 0.15) is 25.3 Å². The summed E-state index contributed by atoms with van der Waals surface area (Å²) in [7, 11) is 1.78. The Hall–Kier alpha value is -0.350. The van der Waals surface area contributed by atoms with Crippen LogP contribution in [0.25, 0.3) is 0 Å². The monoisotopic (exact) mass is 288 g/mol. The second kappa shape index (κ2) is 5.74. The van der Waals surface area contributed by atoms with Gasteiger partial charge in [-0.1, -0.05) is 29.3 Å². The highest BCUT2D eigenvalue weighted by Gasteiger charge is 2.30. The Bertz CT molecular complexity index is 427. The molecule has 0 aromatic carbocycles. The van der Waals surface area contributed by atoms with Gasteiger partial charge in [0.25, 0.3) is 0 Å². The number of hydrogen-bond donors (Lipinski definition) is 0. The van der Waals surface area contributed by atoms with E-state index in [-0.39, 0.29) is 5.60 Å². The van der Waals surface area contributed by atoms with Gasteiger partial charge in [0.1, 0.15) is 10.3 Å². The van der Waals surface area contributed by atoms with Crippen LogP contribution in [0.3, 0.4) is 0 Å². The summed E-state index contributed by atoms with van der Waals surface area (Å²) in [6.07, 6.45) is 2.25. The maximum Gasteiger partial charge on any atom is 0.135 e. The summed E-state index contributed by atoms with van der Waals surface area (Å²) >= 11 is 11.9. The van der Waals surface area contributed by atoms with E-state index in [0.717, 1.165) is 38.0 Å². The number of aromatic nitrogens is 1. The van der Waals surface area contributed by atoms with Crippen LogP contribution < -0.4 is 0 Å². The minimum atomic E-state index is -0.0510. The van der Waals surface area contributed by atoms with Crippen LogP contribution in [-0.4, -0.2) is 35.7 Å². The summed E-state index contributed by atoms with van der Waals surface area (Å²) in [5.41, 5.74) is 0.964. The molecule has 3 nitrogen and oxygen atoms in total. The van der Waals surface area contributed by atoms with Gasteiger partial charge in [-0.25, -0.2) is 4.98 Å². The van der Waals surface area contributed by atoms with Crippen LogP contribution in [0.4, 0.5) is 0 Å². The third-order valence-electron chi connectivity index (χ3n) is 3.52. The molecule has 1 fully saturated rings. The van der Waals surface area contributed by atoms with Crippen LogP contribution in [0.5, 0.6) is 0 Å². The zero-order chi connectivity index (χ0) is 13.2. The van der Waals surface area contributed by atoms with Crippen molar-refractivity contribution in [1.82, 2.24) is 9.88 Å². The molecule has 1 aliphatic rings. The van der Waals surface area contributed by atoms with E-state index in [2.05, 4.69) is 16.8 Å². The van der Waals surface area contributed by atoms with Crippen molar-refractivity contribution in [3.05, 3.63) is 28.0 Å². The fraction of sp³-hybridized carbons (Fsp3) is 0.615. The molecular formula is C13H18Cl2N2O. The molecule has 1 aromatic rings. The molecule has 1 unspecified atom stereocenters. The lowest BCUT2D eigenvalue weighted by atomic mass is 9.94. The largest absolute Gasteiger partial charge is 0.377 e. The van der Waals surface area contributed by atoms with Crippen LogP contribution >= 0.6 is 23.2 Å². The third-order valence-corrected chi connectivity index (χ3v) is 4.05. The number of halogens is 2. The topological polar surface area (TPSA) is 25.4 Å². The molecule has 0 radical (unpaired) electrons. The van der Waals surface area contributed by atoms with Crippen molar-refractivity contribution < 1.29 is 4.74 Å². The van der Waals surface area contributed by atoms with E-state index in [1.165, 1.54) is 0 Å². The van der Waals surface area contributed by atoms with E-state index in [0.29, 0.717) is 10.3 Å². The van der Waals surface area contributed by atoms with Crippen molar-refractivity contribution >= 4 is 23.2 Å². The molecule has 1 saturated heterocycles. The van der Waals surface area contributed by atoms with Crippen LogP contribution in [-0.2, 0) is 11.3 Å². The average Bonchev–Trinajstić information content (AvgIpc) is 2.33. The Morgan fingerprint density at radius 3 is 2.89 bits per heavy atom. The predicted molar refractivity (Wildman–Crippen MR) is 74.2 cm³/mol. The second-order valence-electron chi connectivity index (χ2n) is 5.05. The minimum absolute atomic E-state index is 0.0510. The summed E-state index contributed by atoms with van der Waals surface area (Å²) < 4.78 is 5.58. The number of piperidine rings is 1. The Labute approximate surface area is 118 Å². The van der Waals surface area contributed by atoms with Gasteiger partial charge in [-0.15, -0.1) is 0 Å². The molecule has 0 spiro atoms. The third kappa shape index (κ3) is 3.35. The smallest absolute Gasteiger partial charge is 0.135 e. The highest BCUT2D eigenvalue weighted by Crippen LogP contribution is 2.26. The fourth-order valence-corrected chi connectivity index (χ4v) is 2.81. The Kier molecular flexibility index (Phi) is 4.49. The van der Waals surface area contributed by atoms with E-state index in [4.69, 9.17) is 27.9 Å². The molecule has 0 bridgehead atoms. The molecule has 100 valence electrons. The van der Waals surface area contributed by atoms with Crippen molar-refractivity contribution in [3.63, 3.8) is 0 Å². The Balaban J connectivity index is 2.05. The minimum Gasteiger partial charge on any atom is -0.377 e. The molecule has 0 N–H and O–H groups in total. The molecule has 1 aromatic heterocycles. The molecule has 5 heteroatoms. The first-order valence-corrected chi connectivity index (χ1v) is 6.86. The van der Waals surface area contributed by atoms with Gasteiger partial charge in [-0.3, -0.25) is 4.90 Å². The van der Waals surface area contributed by atoms with Gasteiger partial charge in [-0.2, -0.15) is 0 Å². The average molecular weight is 289 g/mol. The van der Waals surface area contributed by atoms with Crippen LogP contribution in [0.15, 0.2) is 12.1 Å². The maximum atomic E-state index is 6.10. The molecule has 18 heavy (non-hydrogen) atoms. The zero-order valence-corrected chi connectivity index (χ0v) is 12.3. The lowest BCUT2D eigenvalue weighted by Gasteiger charge is -2.39. The summed E-state index contributed by atoms with van der Waals surface area (Å²) in [4.78, 5) is 6.42. The lowest BCUT2D eigenvalue weighted by Crippen LogP contribution is -2.46. The number of rotatable bonds is 3. The number of pyridine rings is 1. The fourth-order valence-electron chi connectivity index (χ4n) is 2.41. The quantitative estimate of drug-likeness (QED) is 0.798. The normalized spacial score (nSPS) is 25.3. The second-order valence-corrected chi connectivity index (χ2v) is 5.80. The SMILES string of the molecule is COC1(C)CCCN(Cc2ccc(Cl)nc2Cl)C1. The van der Waals surface area contributed by atoms with Crippen molar-refractivity contribution in [2.45, 2.75) is 31.9 Å². The van der Waals surface area contributed by atoms with E-state index in [1.807, 2.05) is 6.07 Å². The molecule has 0 aliphatic carbocycles. The van der Waals surface area contributed by atoms with Crippen LogP contribution in [0, 0.1) is 0 Å². The highest BCUT2D eigenvalue weighted by molar-refractivity contribution is 6.32. The van der Waals surface area contributed by atoms with Gasteiger partial charge in [0, 0.05) is 25.8 Å². The standard InChI is InChI=1S/C13H18Cl2N2O/c1-13(18-2)6-3-7-17(9-13)8-10-4-5-11(14)16-12(10)15/h4-5H,3,6-9H2,1-2H3. The molecule has 0 amide bonds. The first-order chi connectivity index (χ1) is 8.52. The number of ether oxygens (including phenoxy) is 1. The zero-order valence-electron chi connectivity index (χ0n) is 10.7. The van der Waals surface area contributed by atoms with Gasteiger partial charge in [0.15, 0.2) is 0 Å². The van der Waals surface area contributed by atoms with Gasteiger partial charge >= 0.3 is 0 Å². The maximum absolute atomic E-state index is 6.10. The number of methoxy groups -OCH3 is 1. The van der Waals surface area contributed by atoms with E-state index in [1.54, 1.807) is 13.2 Å². The number of hydrogen-bond acceptors (Lipinski definition) is 3. The highest BCUT2D eigenvalue weighted by atomic mass is 35.5. The van der Waals surface area contributed by atoms with Crippen molar-refractivity contribution in [2.75, 3.05) is 20.2 Å². The summed E-state index contributed by atoms with van der Waals surface area (Å²) in [5.74, 6) is 0. The van der Waals surface area contributed by atoms with Gasteiger partial charge in [0.05, 0.1) is 5.60 Å². The number of likely N-dealkylation sites (tertiary alicyclic amines) is 1. The molecular weight excluding hydrogens is 271 g/mol. The molecule has 2 heterocycles. The Morgan fingerprint density at radius 2 is 2.22 bits per heavy atom. The molecule has 1 aliphatic heterocycles. The molecule has 0 saturated carbocycles. The first kappa shape index (κ1) is 14.1. The van der Waals surface area contributed by atoms with E-state index in [9.17, 15) is 0 Å². The van der Waals surface area contributed by atoms with Gasteiger partial charge < -0.3 is 4.74 Å². The predicted octanol–water partition coefficient (Wildman–Crippen LogP) is 3.39. The van der Waals surface area contributed by atoms with E-state index >= 15 is 0 Å². The molecule has 2 rings (SSSR count). The molecule has 1 atom stereocenters. The summed E-state index contributed by atoms with van der Waals surface area (Å²) in [6, 6.07) is 3.72. The van der Waals surface area contributed by atoms with Crippen LogP contribution in [0.2, 0.25) is 10.3 Å². The van der Waals surface area contributed by atoms with Gasteiger partial charge in [0.2, 0.25) is 0 Å². The van der Waals surface area contributed by atoms with Crippen molar-refractivity contribution in [1.29, 1.82) is 0 Å². The Morgan fingerprint density at radius 1 is 1.44 bits per heavy atom.